The molecule has 0 aromatic heterocycles. The first-order valence-electron chi connectivity index (χ1n) is 7.62. The minimum absolute atomic E-state index is 0.0502. The lowest BCUT2D eigenvalue weighted by Gasteiger charge is -2.19. The van der Waals surface area contributed by atoms with E-state index in [4.69, 9.17) is 0 Å². The molecule has 0 fully saturated rings. The molecule has 0 aliphatic rings. The third-order valence-corrected chi connectivity index (χ3v) is 5.33. The predicted octanol–water partition coefficient (Wildman–Crippen LogP) is 4.37. The number of allylic oxidation sites excluding steroid dienone is 1. The van der Waals surface area contributed by atoms with Crippen molar-refractivity contribution < 1.29 is 12.8 Å². The predicted molar refractivity (Wildman–Crippen MR) is 96.0 cm³/mol. The van der Waals surface area contributed by atoms with Crippen LogP contribution in [0.1, 0.15) is 26.3 Å². The number of benzene rings is 2. The first-order valence-corrected chi connectivity index (χ1v) is 9.11. The van der Waals surface area contributed by atoms with Gasteiger partial charge in [0.25, 0.3) is 0 Å². The molecule has 4 nitrogen and oxygen atoms in total. The van der Waals surface area contributed by atoms with E-state index in [2.05, 4.69) is 5.32 Å². The molecule has 0 heterocycles. The molecule has 0 saturated carbocycles. The summed E-state index contributed by atoms with van der Waals surface area (Å²) in [7, 11) is -3.93. The van der Waals surface area contributed by atoms with E-state index in [0.717, 1.165) is 11.8 Å². The van der Waals surface area contributed by atoms with Crippen molar-refractivity contribution in [3.05, 3.63) is 71.0 Å². The number of nitrogens with zero attached hydrogens (tertiary/aromatic N) is 1. The Balaban J connectivity index is 2.30. The van der Waals surface area contributed by atoms with Crippen molar-refractivity contribution in [2.45, 2.75) is 31.1 Å². The van der Waals surface area contributed by atoms with Gasteiger partial charge in [-0.05, 0) is 47.4 Å². The van der Waals surface area contributed by atoms with Crippen LogP contribution in [0.4, 0.5) is 10.1 Å². The topological polar surface area (TPSA) is 70.0 Å². The van der Waals surface area contributed by atoms with Crippen LogP contribution >= 0.6 is 0 Å². The normalized spacial score (nSPS) is 12.5. The van der Waals surface area contributed by atoms with E-state index in [1.165, 1.54) is 36.4 Å². The largest absolute Gasteiger partial charge is 0.360 e. The molecule has 0 amide bonds. The van der Waals surface area contributed by atoms with Crippen LogP contribution in [0, 0.1) is 17.1 Å². The number of hydrogen-bond acceptors (Lipinski definition) is 4. The standard InChI is InChI=1S/C19H19FN2O2S/c1-19(2,3)14-4-10-17(11-5-14)25(23,24)18(12-21)13-22-16-8-6-15(20)7-9-16/h4-11,13,22H,1-3H3/b18-13+. The van der Waals surface area contributed by atoms with Crippen LogP contribution in [0.25, 0.3) is 0 Å². The van der Waals surface area contributed by atoms with Crippen molar-refractivity contribution in [1.82, 2.24) is 0 Å². The third kappa shape index (κ3) is 4.46. The number of nitriles is 1. The average Bonchev–Trinajstić information content (AvgIpc) is 2.56. The maximum Gasteiger partial charge on any atom is 0.218 e. The van der Waals surface area contributed by atoms with Crippen molar-refractivity contribution >= 4 is 15.5 Å². The Morgan fingerprint density at radius 3 is 2.12 bits per heavy atom. The molecule has 0 radical (unpaired) electrons. The lowest BCUT2D eigenvalue weighted by Crippen LogP contribution is -2.12. The van der Waals surface area contributed by atoms with E-state index in [0.29, 0.717) is 5.69 Å². The first kappa shape index (κ1) is 18.7. The molecular weight excluding hydrogens is 339 g/mol. The summed E-state index contributed by atoms with van der Waals surface area (Å²) in [6.07, 6.45) is 1.11. The third-order valence-electron chi connectivity index (χ3n) is 3.64. The summed E-state index contributed by atoms with van der Waals surface area (Å²) in [5.74, 6) is -0.401. The fourth-order valence-corrected chi connectivity index (χ4v) is 3.21. The van der Waals surface area contributed by atoms with E-state index in [1.54, 1.807) is 18.2 Å². The molecular formula is C19H19FN2O2S. The van der Waals surface area contributed by atoms with E-state index in [1.807, 2.05) is 20.8 Å². The van der Waals surface area contributed by atoms with E-state index in [-0.39, 0.29) is 10.3 Å². The van der Waals surface area contributed by atoms with Gasteiger partial charge in [-0.15, -0.1) is 0 Å². The van der Waals surface area contributed by atoms with Crippen molar-refractivity contribution in [2.24, 2.45) is 0 Å². The number of anilines is 1. The number of nitrogens with one attached hydrogen (secondary N) is 1. The summed E-state index contributed by atoms with van der Waals surface area (Å²) in [5.41, 5.74) is 1.38. The SMILES string of the molecule is CC(C)(C)c1ccc(S(=O)(=O)/C(C#N)=C/Nc2ccc(F)cc2)cc1. The molecule has 2 aromatic rings. The molecule has 0 unspecified atom stereocenters. The van der Waals surface area contributed by atoms with Crippen molar-refractivity contribution in [3.63, 3.8) is 0 Å². The van der Waals surface area contributed by atoms with Gasteiger partial charge in [-0.25, -0.2) is 12.8 Å². The molecule has 0 atom stereocenters. The Kier molecular flexibility index (Phi) is 5.29. The lowest BCUT2D eigenvalue weighted by molar-refractivity contribution is 0.587. The zero-order valence-electron chi connectivity index (χ0n) is 14.2. The van der Waals surface area contributed by atoms with Gasteiger partial charge in [-0.3, -0.25) is 0 Å². The van der Waals surface area contributed by atoms with Crippen molar-refractivity contribution in [2.75, 3.05) is 5.32 Å². The van der Waals surface area contributed by atoms with Gasteiger partial charge < -0.3 is 5.32 Å². The van der Waals surface area contributed by atoms with Gasteiger partial charge in [-0.1, -0.05) is 32.9 Å². The van der Waals surface area contributed by atoms with E-state index >= 15 is 0 Å². The highest BCUT2D eigenvalue weighted by Gasteiger charge is 2.22. The van der Waals surface area contributed by atoms with Gasteiger partial charge in [0, 0.05) is 11.9 Å². The Hall–Kier alpha value is -2.65. The summed E-state index contributed by atoms with van der Waals surface area (Å²) in [6.45, 7) is 6.09. The zero-order valence-corrected chi connectivity index (χ0v) is 15.1. The lowest BCUT2D eigenvalue weighted by atomic mass is 9.87. The minimum Gasteiger partial charge on any atom is -0.360 e. The second-order valence-corrected chi connectivity index (χ2v) is 8.47. The molecule has 0 saturated heterocycles. The van der Waals surface area contributed by atoms with Crippen LogP contribution in [0.5, 0.6) is 0 Å². The van der Waals surface area contributed by atoms with Gasteiger partial charge in [0.2, 0.25) is 9.84 Å². The smallest absolute Gasteiger partial charge is 0.218 e. The molecule has 0 spiro atoms. The highest BCUT2D eigenvalue weighted by Crippen LogP contribution is 2.25. The Labute approximate surface area is 147 Å². The Morgan fingerprint density at radius 2 is 1.64 bits per heavy atom. The highest BCUT2D eigenvalue weighted by molar-refractivity contribution is 7.95. The van der Waals surface area contributed by atoms with Gasteiger partial charge >= 0.3 is 0 Å². The monoisotopic (exact) mass is 358 g/mol. The maximum absolute atomic E-state index is 12.9. The average molecular weight is 358 g/mol. The van der Waals surface area contributed by atoms with Gasteiger partial charge in [0.15, 0.2) is 4.91 Å². The van der Waals surface area contributed by atoms with Crippen LogP contribution in [-0.4, -0.2) is 8.42 Å². The second kappa shape index (κ2) is 7.08. The number of rotatable bonds is 4. The van der Waals surface area contributed by atoms with Crippen LogP contribution in [0.2, 0.25) is 0 Å². The molecule has 0 bridgehead atoms. The molecule has 2 aromatic carbocycles. The quantitative estimate of drug-likeness (QED) is 0.824. The minimum atomic E-state index is -3.93. The van der Waals surface area contributed by atoms with E-state index < -0.39 is 20.6 Å². The van der Waals surface area contributed by atoms with Gasteiger partial charge in [-0.2, -0.15) is 5.26 Å². The van der Waals surface area contributed by atoms with Crippen molar-refractivity contribution in [3.8, 4) is 6.07 Å². The zero-order chi connectivity index (χ0) is 18.7. The van der Waals surface area contributed by atoms with Gasteiger partial charge in [0.1, 0.15) is 11.9 Å². The molecule has 6 heteroatoms. The van der Waals surface area contributed by atoms with Crippen LogP contribution in [-0.2, 0) is 15.3 Å². The fourth-order valence-electron chi connectivity index (χ4n) is 2.13. The number of hydrogen-bond donors (Lipinski definition) is 1. The Morgan fingerprint density at radius 1 is 1.08 bits per heavy atom. The van der Waals surface area contributed by atoms with Crippen molar-refractivity contribution in [1.29, 1.82) is 5.26 Å². The molecule has 25 heavy (non-hydrogen) atoms. The summed E-state index contributed by atoms with van der Waals surface area (Å²) >= 11 is 0. The summed E-state index contributed by atoms with van der Waals surface area (Å²) < 4.78 is 38.1. The highest BCUT2D eigenvalue weighted by atomic mass is 32.2. The molecule has 0 aliphatic carbocycles. The summed E-state index contributed by atoms with van der Waals surface area (Å²) in [4.78, 5) is -0.366. The fraction of sp³-hybridized carbons (Fsp3) is 0.211. The molecule has 0 aliphatic heterocycles. The summed E-state index contributed by atoms with van der Waals surface area (Å²) in [5, 5.41) is 11.9. The van der Waals surface area contributed by atoms with Gasteiger partial charge in [0.05, 0.1) is 4.90 Å². The second-order valence-electron chi connectivity index (χ2n) is 6.55. The summed E-state index contributed by atoms with van der Waals surface area (Å²) in [6, 6.07) is 13.6. The van der Waals surface area contributed by atoms with Crippen LogP contribution in [0.3, 0.4) is 0 Å². The molecule has 2 rings (SSSR count). The maximum atomic E-state index is 12.9. The van der Waals surface area contributed by atoms with Crippen LogP contribution < -0.4 is 5.32 Å². The molecule has 1 N–H and O–H groups in total. The first-order chi connectivity index (χ1) is 11.6. The number of halogens is 1. The van der Waals surface area contributed by atoms with E-state index in [9.17, 15) is 18.1 Å². The number of sulfone groups is 1. The molecule has 130 valence electrons. The Bertz CT molecular complexity index is 917. The van der Waals surface area contributed by atoms with Crippen LogP contribution in [0.15, 0.2) is 64.5 Å².